The van der Waals surface area contributed by atoms with Crippen molar-refractivity contribution in [1.29, 1.82) is 0 Å². The van der Waals surface area contributed by atoms with E-state index < -0.39 is 11.8 Å². The number of hydrogen-bond donors (Lipinski definition) is 2. The van der Waals surface area contributed by atoms with Crippen LogP contribution < -0.4 is 10.6 Å². The molecule has 4 rings (SSSR count). The molecule has 174 valence electrons. The van der Waals surface area contributed by atoms with Crippen molar-refractivity contribution < 1.29 is 14.0 Å². The van der Waals surface area contributed by atoms with Crippen molar-refractivity contribution in [1.82, 2.24) is 20.4 Å². The Kier molecular flexibility index (Phi) is 7.93. The van der Waals surface area contributed by atoms with Gasteiger partial charge in [0.1, 0.15) is 5.76 Å². The highest BCUT2D eigenvalue weighted by molar-refractivity contribution is 7.10. The number of piperazine rings is 1. The summed E-state index contributed by atoms with van der Waals surface area (Å²) in [7, 11) is 0. The molecule has 7 nitrogen and oxygen atoms in total. The first-order valence-electron chi connectivity index (χ1n) is 11.2. The molecule has 8 heteroatoms. The van der Waals surface area contributed by atoms with Crippen molar-refractivity contribution in [2.75, 3.05) is 26.2 Å². The number of thiophene rings is 1. The van der Waals surface area contributed by atoms with Gasteiger partial charge in [-0.3, -0.25) is 19.4 Å². The third kappa shape index (κ3) is 6.31. The maximum atomic E-state index is 12.5. The minimum Gasteiger partial charge on any atom is -0.467 e. The second-order valence-electron chi connectivity index (χ2n) is 8.28. The van der Waals surface area contributed by atoms with Crippen LogP contribution in [-0.2, 0) is 22.7 Å². The van der Waals surface area contributed by atoms with E-state index in [4.69, 9.17) is 4.42 Å². The summed E-state index contributed by atoms with van der Waals surface area (Å²) >= 11 is 1.68. The number of hydrogen-bond acceptors (Lipinski definition) is 6. The molecule has 2 amide bonds. The zero-order chi connectivity index (χ0) is 23.0. The van der Waals surface area contributed by atoms with E-state index in [0.717, 1.165) is 32.7 Å². The van der Waals surface area contributed by atoms with Crippen molar-refractivity contribution in [2.24, 2.45) is 0 Å². The molecule has 1 saturated heterocycles. The number of nitrogens with zero attached hydrogens (tertiary/aromatic N) is 2. The van der Waals surface area contributed by atoms with Gasteiger partial charge in [-0.25, -0.2) is 0 Å². The van der Waals surface area contributed by atoms with E-state index in [9.17, 15) is 9.59 Å². The van der Waals surface area contributed by atoms with Crippen LogP contribution >= 0.6 is 11.3 Å². The lowest BCUT2D eigenvalue weighted by Crippen LogP contribution is -2.53. The van der Waals surface area contributed by atoms with Gasteiger partial charge in [0.2, 0.25) is 0 Å². The van der Waals surface area contributed by atoms with Crippen LogP contribution in [0.2, 0.25) is 0 Å². The third-order valence-corrected chi connectivity index (χ3v) is 6.87. The summed E-state index contributed by atoms with van der Waals surface area (Å²) in [5, 5.41) is 7.58. The van der Waals surface area contributed by atoms with Gasteiger partial charge >= 0.3 is 11.8 Å². The number of rotatable bonds is 8. The number of furan rings is 1. The molecular formula is C25H30N4O3S. The van der Waals surface area contributed by atoms with Gasteiger partial charge in [0.05, 0.1) is 18.8 Å². The van der Waals surface area contributed by atoms with Gasteiger partial charge < -0.3 is 15.1 Å². The van der Waals surface area contributed by atoms with E-state index >= 15 is 0 Å². The lowest BCUT2D eigenvalue weighted by molar-refractivity contribution is -0.140. The van der Waals surface area contributed by atoms with Crippen molar-refractivity contribution in [3.8, 4) is 0 Å². The monoisotopic (exact) mass is 466 g/mol. The molecule has 0 saturated carbocycles. The van der Waals surface area contributed by atoms with Crippen LogP contribution in [-0.4, -0.2) is 53.8 Å². The topological polar surface area (TPSA) is 77.8 Å². The summed E-state index contributed by atoms with van der Waals surface area (Å²) in [5.74, 6) is -0.678. The maximum Gasteiger partial charge on any atom is 0.309 e. The Bertz CT molecular complexity index is 1000. The van der Waals surface area contributed by atoms with Crippen LogP contribution in [0.1, 0.15) is 29.2 Å². The Morgan fingerprint density at radius 3 is 2.45 bits per heavy atom. The normalized spacial score (nSPS) is 16.8. The first-order valence-corrected chi connectivity index (χ1v) is 12.1. The van der Waals surface area contributed by atoms with E-state index in [1.165, 1.54) is 16.7 Å². The molecule has 2 atom stereocenters. The van der Waals surface area contributed by atoms with Crippen molar-refractivity contribution in [3.05, 3.63) is 82.4 Å². The molecule has 0 radical (unpaired) electrons. The van der Waals surface area contributed by atoms with E-state index in [-0.39, 0.29) is 18.6 Å². The van der Waals surface area contributed by atoms with Gasteiger partial charge in [-0.2, -0.15) is 0 Å². The summed E-state index contributed by atoms with van der Waals surface area (Å²) in [4.78, 5) is 30.9. The molecule has 33 heavy (non-hydrogen) atoms. The van der Waals surface area contributed by atoms with Crippen LogP contribution in [0.25, 0.3) is 0 Å². The molecule has 0 aliphatic carbocycles. The first kappa shape index (κ1) is 23.2. The number of nitrogens with one attached hydrogen (secondary N) is 2. The second-order valence-corrected chi connectivity index (χ2v) is 9.26. The Labute approximate surface area is 198 Å². The third-order valence-electron chi connectivity index (χ3n) is 5.93. The number of carbonyl (C=O) groups is 2. The van der Waals surface area contributed by atoms with Gasteiger partial charge in [0.25, 0.3) is 0 Å². The zero-order valence-electron chi connectivity index (χ0n) is 18.8. The molecule has 1 aromatic carbocycles. The lowest BCUT2D eigenvalue weighted by Gasteiger charge is -2.41. The van der Waals surface area contributed by atoms with Crippen LogP contribution in [0.15, 0.2) is 70.7 Å². The Balaban J connectivity index is 1.34. The van der Waals surface area contributed by atoms with Crippen molar-refractivity contribution in [3.63, 3.8) is 0 Å². The van der Waals surface area contributed by atoms with E-state index in [0.29, 0.717) is 5.76 Å². The highest BCUT2D eigenvalue weighted by atomic mass is 32.1. The lowest BCUT2D eigenvalue weighted by atomic mass is 10.0. The molecule has 0 bridgehead atoms. The van der Waals surface area contributed by atoms with Gasteiger partial charge in [-0.15, -0.1) is 11.3 Å². The molecule has 1 aliphatic rings. The predicted octanol–water partition coefficient (Wildman–Crippen LogP) is 3.02. The average molecular weight is 467 g/mol. The summed E-state index contributed by atoms with van der Waals surface area (Å²) in [6.45, 7) is 6.83. The van der Waals surface area contributed by atoms with E-state index in [1.807, 2.05) is 19.1 Å². The molecule has 3 heterocycles. The summed E-state index contributed by atoms with van der Waals surface area (Å²) in [6.07, 6.45) is 1.54. The second kappa shape index (κ2) is 11.3. The predicted molar refractivity (Wildman–Crippen MR) is 129 cm³/mol. The van der Waals surface area contributed by atoms with Crippen LogP contribution in [0, 0.1) is 0 Å². The van der Waals surface area contributed by atoms with Gasteiger partial charge in [0, 0.05) is 43.6 Å². The van der Waals surface area contributed by atoms with Crippen LogP contribution in [0.3, 0.4) is 0 Å². The van der Waals surface area contributed by atoms with Crippen molar-refractivity contribution >= 4 is 23.2 Å². The van der Waals surface area contributed by atoms with Gasteiger partial charge in [0.15, 0.2) is 0 Å². The van der Waals surface area contributed by atoms with Crippen LogP contribution in [0.4, 0.5) is 0 Å². The van der Waals surface area contributed by atoms with Gasteiger partial charge in [-0.05, 0) is 36.1 Å². The van der Waals surface area contributed by atoms with E-state index in [2.05, 4.69) is 56.1 Å². The Hall–Kier alpha value is -2.94. The molecule has 2 aromatic heterocycles. The molecule has 2 N–H and O–H groups in total. The zero-order valence-corrected chi connectivity index (χ0v) is 19.6. The smallest absolute Gasteiger partial charge is 0.309 e. The Morgan fingerprint density at radius 1 is 1.00 bits per heavy atom. The number of carbonyl (C=O) groups excluding carboxylic acids is 2. The highest BCUT2D eigenvalue weighted by Crippen LogP contribution is 2.29. The quantitative estimate of drug-likeness (QED) is 0.499. The molecule has 1 aliphatic heterocycles. The standard InChI is InChI=1S/C25H30N4O3S/c1-19(27-25(31)24(30)26-17-21-9-5-15-32-21)23(22-10-6-16-33-22)29-13-11-28(12-14-29)18-20-7-3-2-4-8-20/h2-10,15-16,19,23H,11-14,17-18H2,1H3,(H,26,30)(H,27,31). The maximum absolute atomic E-state index is 12.5. The van der Waals surface area contributed by atoms with E-state index in [1.54, 1.807) is 23.5 Å². The molecular weight excluding hydrogens is 436 g/mol. The summed E-state index contributed by atoms with van der Waals surface area (Å²) in [6, 6.07) is 18.0. The Morgan fingerprint density at radius 2 is 1.79 bits per heavy atom. The summed E-state index contributed by atoms with van der Waals surface area (Å²) in [5.41, 5.74) is 1.32. The molecule has 2 unspecified atom stereocenters. The molecule has 0 spiro atoms. The largest absolute Gasteiger partial charge is 0.467 e. The van der Waals surface area contributed by atoms with Crippen molar-refractivity contribution in [2.45, 2.75) is 32.1 Å². The molecule has 3 aromatic rings. The fourth-order valence-corrected chi connectivity index (χ4v) is 5.22. The minimum absolute atomic E-state index is 0.0192. The number of amides is 2. The van der Waals surface area contributed by atoms with Gasteiger partial charge in [-0.1, -0.05) is 36.4 Å². The molecule has 1 fully saturated rings. The summed E-state index contributed by atoms with van der Waals surface area (Å²) < 4.78 is 5.20. The fourth-order valence-electron chi connectivity index (χ4n) is 4.26. The van der Waals surface area contributed by atoms with Crippen LogP contribution in [0.5, 0.6) is 0 Å². The minimum atomic E-state index is -0.657. The SMILES string of the molecule is CC(NC(=O)C(=O)NCc1ccco1)C(c1cccs1)N1CCN(Cc2ccccc2)CC1. The number of benzene rings is 1. The fraction of sp³-hybridized carbons (Fsp3) is 0.360. The average Bonchev–Trinajstić information content (AvgIpc) is 3.54. The first-order chi connectivity index (χ1) is 16.1. The highest BCUT2D eigenvalue weighted by Gasteiger charge is 2.31.